The first-order chi connectivity index (χ1) is 12.1. The summed E-state index contributed by atoms with van der Waals surface area (Å²) in [7, 11) is 1.90. The third-order valence-electron chi connectivity index (χ3n) is 3.95. The van der Waals surface area contributed by atoms with Crippen molar-refractivity contribution in [2.45, 2.75) is 19.4 Å². The van der Waals surface area contributed by atoms with Crippen molar-refractivity contribution in [1.29, 1.82) is 0 Å². The Bertz CT molecular complexity index is 858. The van der Waals surface area contributed by atoms with Gasteiger partial charge in [0.25, 0.3) is 0 Å². The number of carbonyl (C=O) groups excluding carboxylic acids is 1. The number of benzene rings is 2. The Morgan fingerprint density at radius 1 is 1.16 bits per heavy atom. The van der Waals surface area contributed by atoms with E-state index in [9.17, 15) is 4.79 Å². The average Bonchev–Trinajstić information content (AvgIpc) is 3.00. The van der Waals surface area contributed by atoms with Gasteiger partial charge in [-0.25, -0.2) is 0 Å². The van der Waals surface area contributed by atoms with Gasteiger partial charge in [-0.05, 0) is 29.7 Å². The molecule has 2 aromatic carbocycles. The summed E-state index contributed by atoms with van der Waals surface area (Å²) in [5.41, 5.74) is 4.07. The van der Waals surface area contributed by atoms with E-state index in [4.69, 9.17) is 11.6 Å². The summed E-state index contributed by atoms with van der Waals surface area (Å²) in [5.74, 6) is 0.0165. The van der Waals surface area contributed by atoms with Crippen molar-refractivity contribution in [3.8, 4) is 11.3 Å². The van der Waals surface area contributed by atoms with Crippen LogP contribution in [-0.4, -0.2) is 15.7 Å². The van der Waals surface area contributed by atoms with Crippen molar-refractivity contribution in [3.05, 3.63) is 76.9 Å². The van der Waals surface area contributed by atoms with Crippen molar-refractivity contribution >= 4 is 17.5 Å². The minimum atomic E-state index is 0.0165. The molecule has 0 bridgehead atoms. The van der Waals surface area contributed by atoms with Crippen molar-refractivity contribution in [3.63, 3.8) is 0 Å². The number of hydrogen-bond acceptors (Lipinski definition) is 2. The highest BCUT2D eigenvalue weighted by molar-refractivity contribution is 6.30. The third kappa shape index (κ3) is 4.70. The number of aromatic nitrogens is 2. The van der Waals surface area contributed by atoms with Crippen LogP contribution >= 0.6 is 11.6 Å². The van der Waals surface area contributed by atoms with Gasteiger partial charge < -0.3 is 5.32 Å². The van der Waals surface area contributed by atoms with Crippen LogP contribution in [0.1, 0.15) is 17.5 Å². The molecule has 0 atom stereocenters. The molecule has 0 aliphatic rings. The van der Waals surface area contributed by atoms with E-state index in [1.54, 1.807) is 4.68 Å². The Labute approximate surface area is 152 Å². The van der Waals surface area contributed by atoms with Gasteiger partial charge in [-0.2, -0.15) is 5.10 Å². The highest BCUT2D eigenvalue weighted by Gasteiger charge is 2.11. The highest BCUT2D eigenvalue weighted by Crippen LogP contribution is 2.22. The highest BCUT2D eigenvalue weighted by atomic mass is 35.5. The molecule has 1 N–H and O–H groups in total. The molecule has 0 saturated heterocycles. The van der Waals surface area contributed by atoms with Crippen molar-refractivity contribution < 1.29 is 4.79 Å². The second kappa shape index (κ2) is 7.99. The van der Waals surface area contributed by atoms with Gasteiger partial charge in [0.15, 0.2) is 0 Å². The van der Waals surface area contributed by atoms with Gasteiger partial charge >= 0.3 is 0 Å². The normalized spacial score (nSPS) is 10.6. The zero-order valence-corrected chi connectivity index (χ0v) is 14.8. The molecule has 1 aromatic heterocycles. The lowest BCUT2D eigenvalue weighted by atomic mass is 10.0. The lowest BCUT2D eigenvalue weighted by Crippen LogP contribution is -2.23. The number of rotatable bonds is 6. The summed E-state index contributed by atoms with van der Waals surface area (Å²) in [6.45, 7) is 0.484. The molecular weight excluding hydrogens is 334 g/mol. The number of halogens is 1. The second-order valence-electron chi connectivity index (χ2n) is 5.95. The number of amides is 1. The van der Waals surface area contributed by atoms with E-state index in [-0.39, 0.29) is 5.91 Å². The minimum Gasteiger partial charge on any atom is -0.352 e. The van der Waals surface area contributed by atoms with Crippen LogP contribution in [0.5, 0.6) is 0 Å². The van der Waals surface area contributed by atoms with Gasteiger partial charge in [-0.3, -0.25) is 9.48 Å². The van der Waals surface area contributed by atoms with Crippen LogP contribution in [0.15, 0.2) is 60.8 Å². The zero-order chi connectivity index (χ0) is 17.6. The van der Waals surface area contributed by atoms with Gasteiger partial charge in [0.2, 0.25) is 5.91 Å². The maximum absolute atomic E-state index is 12.2. The van der Waals surface area contributed by atoms with Crippen LogP contribution in [0.2, 0.25) is 5.02 Å². The smallest absolute Gasteiger partial charge is 0.220 e. The van der Waals surface area contributed by atoms with Gasteiger partial charge in [-0.15, -0.1) is 0 Å². The van der Waals surface area contributed by atoms with E-state index < -0.39 is 0 Å². The Hall–Kier alpha value is -2.59. The molecule has 0 radical (unpaired) electrons. The number of nitrogens with zero attached hydrogens (tertiary/aromatic N) is 2. The van der Waals surface area contributed by atoms with Crippen molar-refractivity contribution in [2.75, 3.05) is 0 Å². The number of carbonyl (C=O) groups is 1. The first kappa shape index (κ1) is 17.2. The summed E-state index contributed by atoms with van der Waals surface area (Å²) in [5, 5.41) is 8.15. The fourth-order valence-corrected chi connectivity index (χ4v) is 2.96. The molecule has 4 nitrogen and oxygen atoms in total. The van der Waals surface area contributed by atoms with Crippen LogP contribution in [-0.2, 0) is 24.8 Å². The summed E-state index contributed by atoms with van der Waals surface area (Å²) in [6.07, 6.45) is 3.05. The molecule has 0 aliphatic heterocycles. The first-order valence-electron chi connectivity index (χ1n) is 8.21. The van der Waals surface area contributed by atoms with E-state index in [0.717, 1.165) is 22.4 Å². The lowest BCUT2D eigenvalue weighted by Gasteiger charge is -2.06. The van der Waals surface area contributed by atoms with Crippen LogP contribution in [0, 0.1) is 0 Å². The molecule has 3 aromatic rings. The zero-order valence-electron chi connectivity index (χ0n) is 14.1. The standard InChI is InChI=1S/C20H20ClN3O/c1-24-14-17(20(23-24)16-7-3-2-4-8-16)10-11-19(25)22-13-15-6-5-9-18(21)12-15/h2-9,12,14H,10-11,13H2,1H3,(H,22,25). The maximum atomic E-state index is 12.2. The van der Waals surface area contributed by atoms with Crippen LogP contribution < -0.4 is 5.32 Å². The van der Waals surface area contributed by atoms with Crippen LogP contribution in [0.25, 0.3) is 11.3 Å². The molecule has 0 aliphatic carbocycles. The molecule has 0 fully saturated rings. The minimum absolute atomic E-state index is 0.0165. The average molecular weight is 354 g/mol. The SMILES string of the molecule is Cn1cc(CCC(=O)NCc2cccc(Cl)c2)c(-c2ccccc2)n1. The van der Waals surface area contributed by atoms with E-state index in [2.05, 4.69) is 10.4 Å². The molecule has 0 unspecified atom stereocenters. The summed E-state index contributed by atoms with van der Waals surface area (Å²) in [4.78, 5) is 12.2. The van der Waals surface area contributed by atoms with Crippen LogP contribution in [0.3, 0.4) is 0 Å². The molecule has 5 heteroatoms. The second-order valence-corrected chi connectivity index (χ2v) is 6.39. The van der Waals surface area contributed by atoms with E-state index >= 15 is 0 Å². The summed E-state index contributed by atoms with van der Waals surface area (Å²) in [6, 6.07) is 17.5. The quantitative estimate of drug-likeness (QED) is 0.728. The Morgan fingerprint density at radius 2 is 1.96 bits per heavy atom. The predicted octanol–water partition coefficient (Wildman–Crippen LogP) is 3.99. The van der Waals surface area contributed by atoms with E-state index in [0.29, 0.717) is 24.4 Å². The number of hydrogen-bond donors (Lipinski definition) is 1. The molecule has 25 heavy (non-hydrogen) atoms. The van der Waals surface area contributed by atoms with Crippen LogP contribution in [0.4, 0.5) is 0 Å². The molecule has 1 amide bonds. The topological polar surface area (TPSA) is 46.9 Å². The van der Waals surface area contributed by atoms with Gasteiger partial charge in [0.1, 0.15) is 0 Å². The fraction of sp³-hybridized carbons (Fsp3) is 0.200. The lowest BCUT2D eigenvalue weighted by molar-refractivity contribution is -0.121. The van der Waals surface area contributed by atoms with Gasteiger partial charge in [0, 0.05) is 36.8 Å². The monoisotopic (exact) mass is 353 g/mol. The Morgan fingerprint density at radius 3 is 2.72 bits per heavy atom. The molecule has 3 rings (SSSR count). The first-order valence-corrected chi connectivity index (χ1v) is 8.59. The fourth-order valence-electron chi connectivity index (χ4n) is 2.74. The number of nitrogens with one attached hydrogen (secondary N) is 1. The predicted molar refractivity (Wildman–Crippen MR) is 100 cm³/mol. The Kier molecular flexibility index (Phi) is 5.51. The third-order valence-corrected chi connectivity index (χ3v) is 4.19. The molecular formula is C20H20ClN3O. The molecule has 0 saturated carbocycles. The Balaban J connectivity index is 1.59. The molecule has 0 spiro atoms. The van der Waals surface area contributed by atoms with E-state index in [1.807, 2.05) is 67.8 Å². The van der Waals surface area contributed by atoms with Gasteiger partial charge in [0.05, 0.1) is 5.69 Å². The largest absolute Gasteiger partial charge is 0.352 e. The van der Waals surface area contributed by atoms with Crippen molar-refractivity contribution in [2.24, 2.45) is 7.05 Å². The molecule has 128 valence electrons. The van der Waals surface area contributed by atoms with Crippen molar-refractivity contribution in [1.82, 2.24) is 15.1 Å². The maximum Gasteiger partial charge on any atom is 0.220 e. The summed E-state index contributed by atoms with van der Waals surface area (Å²) >= 11 is 5.96. The van der Waals surface area contributed by atoms with E-state index in [1.165, 1.54) is 0 Å². The number of aryl methyl sites for hydroxylation is 2. The molecule has 1 heterocycles. The summed E-state index contributed by atoms with van der Waals surface area (Å²) < 4.78 is 1.79. The van der Waals surface area contributed by atoms with Gasteiger partial charge in [-0.1, -0.05) is 54.1 Å².